The van der Waals surface area contributed by atoms with Crippen LogP contribution in [0.25, 0.3) is 11.3 Å². The van der Waals surface area contributed by atoms with Gasteiger partial charge in [0.05, 0.1) is 12.2 Å². The van der Waals surface area contributed by atoms with E-state index in [1.54, 1.807) is 0 Å². The molecule has 0 bridgehead atoms. The summed E-state index contributed by atoms with van der Waals surface area (Å²) in [5.74, 6) is 1.02. The third-order valence-electron chi connectivity index (χ3n) is 6.95. The van der Waals surface area contributed by atoms with Crippen LogP contribution in [-0.4, -0.2) is 21.9 Å². The number of benzene rings is 2. The average Bonchev–Trinajstić information content (AvgIpc) is 3.39. The van der Waals surface area contributed by atoms with Crippen molar-refractivity contribution in [3.8, 4) is 17.0 Å². The van der Waals surface area contributed by atoms with Gasteiger partial charge in [0.25, 0.3) is 0 Å². The van der Waals surface area contributed by atoms with Crippen molar-refractivity contribution in [1.82, 2.24) is 9.78 Å². The zero-order chi connectivity index (χ0) is 21.0. The molecule has 0 saturated carbocycles. The summed E-state index contributed by atoms with van der Waals surface area (Å²) in [4.78, 5) is 0. The van der Waals surface area contributed by atoms with Crippen molar-refractivity contribution in [1.29, 1.82) is 0 Å². The molecule has 5 rings (SSSR count). The molecule has 5 heteroatoms. The smallest absolute Gasteiger partial charge is 0.127 e. The second-order valence-electron chi connectivity index (χ2n) is 9.06. The summed E-state index contributed by atoms with van der Waals surface area (Å²) in [5, 5.41) is 8.42. The van der Waals surface area contributed by atoms with Crippen molar-refractivity contribution in [2.75, 3.05) is 17.6 Å². The van der Waals surface area contributed by atoms with Gasteiger partial charge >= 0.3 is 0 Å². The predicted octanol–water partition coefficient (Wildman–Crippen LogP) is 4.81. The number of hydrogen-bond acceptors (Lipinski definition) is 4. The number of hydrogen-bond donors (Lipinski definition) is 2. The van der Waals surface area contributed by atoms with E-state index in [9.17, 15) is 0 Å². The lowest BCUT2D eigenvalue weighted by atomic mass is 9.87. The molecule has 3 heterocycles. The van der Waals surface area contributed by atoms with E-state index in [-0.39, 0.29) is 5.60 Å². The van der Waals surface area contributed by atoms with Crippen LogP contribution in [-0.2, 0) is 19.4 Å². The Balaban J connectivity index is 1.42. The van der Waals surface area contributed by atoms with Gasteiger partial charge in [0.15, 0.2) is 0 Å². The molecule has 3 N–H and O–H groups in total. The minimum atomic E-state index is -0.299. The van der Waals surface area contributed by atoms with Crippen molar-refractivity contribution in [3.05, 3.63) is 58.3 Å². The van der Waals surface area contributed by atoms with Crippen molar-refractivity contribution >= 4 is 11.4 Å². The summed E-state index contributed by atoms with van der Waals surface area (Å²) < 4.78 is 8.66. The normalized spacial score (nSPS) is 19.7. The van der Waals surface area contributed by atoms with Crippen LogP contribution < -0.4 is 15.8 Å². The molecule has 2 aliphatic rings. The van der Waals surface area contributed by atoms with E-state index in [0.717, 1.165) is 60.6 Å². The fraction of sp³-hybridized carbons (Fsp3) is 0.400. The largest absolute Gasteiger partial charge is 0.485 e. The third-order valence-corrected chi connectivity index (χ3v) is 6.95. The van der Waals surface area contributed by atoms with Gasteiger partial charge in [0.2, 0.25) is 0 Å². The van der Waals surface area contributed by atoms with E-state index >= 15 is 0 Å². The van der Waals surface area contributed by atoms with Gasteiger partial charge < -0.3 is 15.8 Å². The molecular weight excluding hydrogens is 372 g/mol. The summed E-state index contributed by atoms with van der Waals surface area (Å²) >= 11 is 0. The summed E-state index contributed by atoms with van der Waals surface area (Å²) in [6.45, 7) is 10.2. The number of nitrogens with zero attached hydrogens (tertiary/aromatic N) is 2. The van der Waals surface area contributed by atoms with Crippen LogP contribution in [0, 0.1) is 20.8 Å². The summed E-state index contributed by atoms with van der Waals surface area (Å²) in [5.41, 5.74) is 16.4. The van der Waals surface area contributed by atoms with Crippen LogP contribution in [0.2, 0.25) is 0 Å². The average molecular weight is 403 g/mol. The number of aromatic nitrogens is 2. The Labute approximate surface area is 178 Å². The maximum absolute atomic E-state index is 6.63. The van der Waals surface area contributed by atoms with E-state index in [2.05, 4.69) is 63.5 Å². The number of rotatable bonds is 3. The Morgan fingerprint density at radius 1 is 1.13 bits per heavy atom. The Morgan fingerprint density at radius 3 is 2.80 bits per heavy atom. The molecule has 0 fully saturated rings. The quantitative estimate of drug-likeness (QED) is 0.617. The molecule has 2 aliphatic heterocycles. The van der Waals surface area contributed by atoms with E-state index in [1.807, 2.05) is 4.68 Å². The highest BCUT2D eigenvalue weighted by atomic mass is 16.5. The highest BCUT2D eigenvalue weighted by molar-refractivity contribution is 5.79. The van der Waals surface area contributed by atoms with Crippen LogP contribution in [0.4, 0.5) is 11.4 Å². The second-order valence-corrected chi connectivity index (χ2v) is 9.06. The fourth-order valence-corrected chi connectivity index (χ4v) is 4.94. The first-order chi connectivity index (χ1) is 14.4. The highest BCUT2D eigenvalue weighted by Gasteiger charge is 2.35. The van der Waals surface area contributed by atoms with Gasteiger partial charge in [0, 0.05) is 29.7 Å². The van der Waals surface area contributed by atoms with Crippen LogP contribution in [0.3, 0.4) is 0 Å². The number of fused-ring (bicyclic) bond motifs is 2. The molecule has 3 aromatic rings. The lowest BCUT2D eigenvalue weighted by Gasteiger charge is -2.38. The van der Waals surface area contributed by atoms with Gasteiger partial charge in [-0.1, -0.05) is 18.2 Å². The molecule has 1 atom stereocenters. The van der Waals surface area contributed by atoms with Crippen LogP contribution >= 0.6 is 0 Å². The fourth-order valence-electron chi connectivity index (χ4n) is 4.94. The SMILES string of the molecule is Cc1c(C)c2c(c(C)c1N)CCC(C)(Cn1ccc(-c3cccc4c3NCC4)n1)O2. The Hall–Kier alpha value is -2.95. The number of nitrogens with two attached hydrogens (primary N) is 1. The molecule has 30 heavy (non-hydrogen) atoms. The monoisotopic (exact) mass is 402 g/mol. The molecule has 0 spiro atoms. The Bertz CT molecular complexity index is 1150. The zero-order valence-corrected chi connectivity index (χ0v) is 18.3. The number of ether oxygens (including phenoxy) is 1. The lowest BCUT2D eigenvalue weighted by molar-refractivity contribution is 0.0430. The first kappa shape index (κ1) is 19.0. The number of nitrogens with one attached hydrogen (secondary N) is 1. The van der Waals surface area contributed by atoms with Crippen molar-refractivity contribution in [2.45, 2.75) is 59.1 Å². The van der Waals surface area contributed by atoms with Gasteiger partial charge in [-0.3, -0.25) is 4.68 Å². The van der Waals surface area contributed by atoms with Crippen molar-refractivity contribution < 1.29 is 4.74 Å². The lowest BCUT2D eigenvalue weighted by Crippen LogP contribution is -2.41. The van der Waals surface area contributed by atoms with Crippen LogP contribution in [0.1, 0.15) is 41.2 Å². The van der Waals surface area contributed by atoms with E-state index < -0.39 is 0 Å². The summed E-state index contributed by atoms with van der Waals surface area (Å²) in [7, 11) is 0. The van der Waals surface area contributed by atoms with E-state index in [0.29, 0.717) is 0 Å². The van der Waals surface area contributed by atoms with Gasteiger partial charge in [-0.05, 0) is 80.8 Å². The van der Waals surface area contributed by atoms with Gasteiger partial charge in [0.1, 0.15) is 11.4 Å². The zero-order valence-electron chi connectivity index (χ0n) is 18.3. The maximum atomic E-state index is 6.63. The summed E-state index contributed by atoms with van der Waals surface area (Å²) in [6, 6.07) is 8.58. The van der Waals surface area contributed by atoms with Crippen LogP contribution in [0.5, 0.6) is 5.75 Å². The topological polar surface area (TPSA) is 65.1 Å². The molecule has 2 aromatic carbocycles. The minimum Gasteiger partial charge on any atom is -0.485 e. The molecule has 0 radical (unpaired) electrons. The standard InChI is InChI=1S/C25H30N4O/c1-15-16(2)24-19(17(3)22(15)26)8-11-25(4,30-24)14-29-13-10-21(28-29)20-7-5-6-18-9-12-27-23(18)20/h5-7,10,13,27H,8-9,11-12,14,26H2,1-4H3. The maximum Gasteiger partial charge on any atom is 0.127 e. The summed E-state index contributed by atoms with van der Waals surface area (Å²) in [6.07, 6.45) is 5.07. The van der Waals surface area contributed by atoms with Crippen molar-refractivity contribution in [3.63, 3.8) is 0 Å². The Kier molecular flexibility index (Phi) is 4.31. The first-order valence-corrected chi connectivity index (χ1v) is 10.8. The van der Waals surface area contributed by atoms with E-state index in [1.165, 1.54) is 27.9 Å². The highest BCUT2D eigenvalue weighted by Crippen LogP contribution is 2.42. The third kappa shape index (κ3) is 2.95. The number of para-hydroxylation sites is 1. The predicted molar refractivity (Wildman–Crippen MR) is 122 cm³/mol. The van der Waals surface area contributed by atoms with Gasteiger partial charge in [-0.15, -0.1) is 0 Å². The molecule has 0 aliphatic carbocycles. The molecular formula is C25H30N4O. The molecule has 0 amide bonds. The molecule has 5 nitrogen and oxygen atoms in total. The molecule has 1 aromatic heterocycles. The number of nitrogen functional groups attached to an aromatic ring is 1. The molecule has 0 saturated heterocycles. The van der Waals surface area contributed by atoms with Gasteiger partial charge in [-0.2, -0.15) is 5.10 Å². The van der Waals surface area contributed by atoms with Crippen LogP contribution in [0.15, 0.2) is 30.5 Å². The van der Waals surface area contributed by atoms with E-state index in [4.69, 9.17) is 15.6 Å². The minimum absolute atomic E-state index is 0.299. The molecule has 1 unspecified atom stereocenters. The van der Waals surface area contributed by atoms with Gasteiger partial charge in [-0.25, -0.2) is 0 Å². The number of anilines is 2. The first-order valence-electron chi connectivity index (χ1n) is 10.8. The Morgan fingerprint density at radius 2 is 1.97 bits per heavy atom. The molecule has 156 valence electrons. The van der Waals surface area contributed by atoms with Crippen molar-refractivity contribution in [2.24, 2.45) is 0 Å². The second kappa shape index (κ2) is 6.79.